The molecular weight excluding hydrogens is 174 g/mol. The Morgan fingerprint density at radius 2 is 2.07 bits per heavy atom. The van der Waals surface area contributed by atoms with Crippen molar-refractivity contribution in [3.63, 3.8) is 0 Å². The highest BCUT2D eigenvalue weighted by Gasteiger charge is 2.05. The average molecular weight is 197 g/mol. The van der Waals surface area contributed by atoms with Crippen LogP contribution in [0.2, 0.25) is 0 Å². The van der Waals surface area contributed by atoms with Gasteiger partial charge in [0.15, 0.2) is 0 Å². The molecular formula is C11H23N3. The Labute approximate surface area is 87.7 Å². The molecule has 0 bridgehead atoms. The number of hydrazone groups is 1. The van der Waals surface area contributed by atoms with E-state index in [0.29, 0.717) is 0 Å². The van der Waals surface area contributed by atoms with Gasteiger partial charge in [0.05, 0.1) is 5.70 Å². The van der Waals surface area contributed by atoms with Gasteiger partial charge in [0.1, 0.15) is 0 Å². The van der Waals surface area contributed by atoms with E-state index in [2.05, 4.69) is 25.7 Å². The zero-order valence-electron chi connectivity index (χ0n) is 9.50. The fourth-order valence-electron chi connectivity index (χ4n) is 1.37. The predicted octanol–water partition coefficient (Wildman–Crippen LogP) is 2.69. The second-order valence-corrected chi connectivity index (χ2v) is 3.38. The minimum atomic E-state index is 0.931. The third kappa shape index (κ3) is 4.90. The summed E-state index contributed by atoms with van der Waals surface area (Å²) in [4.78, 5) is 0. The Morgan fingerprint density at radius 3 is 2.50 bits per heavy atom. The van der Waals surface area contributed by atoms with Crippen molar-refractivity contribution in [3.05, 3.63) is 11.9 Å². The van der Waals surface area contributed by atoms with Gasteiger partial charge in [-0.2, -0.15) is 5.10 Å². The molecule has 0 radical (unpaired) electrons. The molecule has 82 valence electrons. The minimum Gasteiger partial charge on any atom is -0.403 e. The molecule has 3 nitrogen and oxygen atoms in total. The number of hydrogen-bond acceptors (Lipinski definition) is 3. The summed E-state index contributed by atoms with van der Waals surface area (Å²) in [6.45, 7) is 8.83. The molecule has 2 N–H and O–H groups in total. The molecule has 0 fully saturated rings. The van der Waals surface area contributed by atoms with Gasteiger partial charge in [0.2, 0.25) is 0 Å². The molecule has 0 spiro atoms. The number of rotatable bonds is 8. The lowest BCUT2D eigenvalue weighted by Crippen LogP contribution is -2.19. The van der Waals surface area contributed by atoms with E-state index < -0.39 is 0 Å². The summed E-state index contributed by atoms with van der Waals surface area (Å²) in [6.07, 6.45) is 7.31. The topological polar surface area (TPSA) is 41.6 Å². The summed E-state index contributed by atoms with van der Waals surface area (Å²) in [5, 5.41) is 5.90. The molecule has 0 atom stereocenters. The summed E-state index contributed by atoms with van der Waals surface area (Å²) in [5.74, 6) is 0. The molecule has 0 amide bonds. The first-order chi connectivity index (χ1) is 6.79. The van der Waals surface area contributed by atoms with E-state index in [0.717, 1.165) is 31.5 Å². The Balaban J connectivity index is 4.02. The van der Waals surface area contributed by atoms with Crippen molar-refractivity contribution in [3.8, 4) is 0 Å². The van der Waals surface area contributed by atoms with Gasteiger partial charge in [-0.15, -0.1) is 0 Å². The van der Waals surface area contributed by atoms with Crippen LogP contribution in [0.25, 0.3) is 0 Å². The van der Waals surface area contributed by atoms with Gasteiger partial charge >= 0.3 is 0 Å². The van der Waals surface area contributed by atoms with E-state index in [1.54, 1.807) is 6.20 Å². The lowest BCUT2D eigenvalue weighted by molar-refractivity contribution is 0.341. The fraction of sp³-hybridized carbons (Fsp3) is 0.727. The highest BCUT2D eigenvalue weighted by atomic mass is 15.4. The van der Waals surface area contributed by atoms with E-state index in [-0.39, 0.29) is 0 Å². The maximum absolute atomic E-state index is 5.55. The smallest absolute Gasteiger partial charge is 0.0521 e. The molecule has 0 aliphatic rings. The number of hydrogen-bond donors (Lipinski definition) is 1. The molecule has 0 saturated carbocycles. The second-order valence-electron chi connectivity index (χ2n) is 3.38. The molecule has 0 heterocycles. The molecule has 0 saturated heterocycles. The van der Waals surface area contributed by atoms with Crippen LogP contribution in [0.5, 0.6) is 0 Å². The first-order valence-electron chi connectivity index (χ1n) is 5.45. The predicted molar refractivity (Wildman–Crippen MR) is 63.0 cm³/mol. The van der Waals surface area contributed by atoms with E-state index >= 15 is 0 Å². The van der Waals surface area contributed by atoms with Crippen LogP contribution in [0, 0.1) is 0 Å². The average Bonchev–Trinajstić information content (AvgIpc) is 2.22. The van der Waals surface area contributed by atoms with Crippen molar-refractivity contribution in [2.75, 3.05) is 6.54 Å². The van der Waals surface area contributed by atoms with Crippen molar-refractivity contribution < 1.29 is 0 Å². The van der Waals surface area contributed by atoms with Gasteiger partial charge in [-0.05, 0) is 12.8 Å². The van der Waals surface area contributed by atoms with E-state index in [9.17, 15) is 0 Å². The van der Waals surface area contributed by atoms with Crippen molar-refractivity contribution in [2.24, 2.45) is 10.8 Å². The molecule has 0 aromatic heterocycles. The summed E-state index contributed by atoms with van der Waals surface area (Å²) in [7, 11) is 0. The Morgan fingerprint density at radius 1 is 1.36 bits per heavy atom. The molecule has 3 heteroatoms. The second kappa shape index (κ2) is 8.60. The first-order valence-corrected chi connectivity index (χ1v) is 5.45. The molecule has 0 rings (SSSR count). The Hall–Kier alpha value is -0.990. The molecule has 14 heavy (non-hydrogen) atoms. The minimum absolute atomic E-state index is 0.931. The maximum atomic E-state index is 5.55. The van der Waals surface area contributed by atoms with Gasteiger partial charge in [0.25, 0.3) is 0 Å². The van der Waals surface area contributed by atoms with E-state index in [4.69, 9.17) is 5.73 Å². The summed E-state index contributed by atoms with van der Waals surface area (Å²) >= 11 is 0. The zero-order valence-corrected chi connectivity index (χ0v) is 9.50. The normalized spacial score (nSPS) is 11.4. The van der Waals surface area contributed by atoms with Crippen LogP contribution < -0.4 is 5.73 Å². The van der Waals surface area contributed by atoms with Crippen LogP contribution in [0.3, 0.4) is 0 Å². The monoisotopic (exact) mass is 197 g/mol. The Bertz CT molecular complexity index is 175. The van der Waals surface area contributed by atoms with Crippen molar-refractivity contribution in [2.45, 2.75) is 46.0 Å². The van der Waals surface area contributed by atoms with Crippen molar-refractivity contribution in [1.29, 1.82) is 0 Å². The number of nitrogens with zero attached hydrogens (tertiary/aromatic N) is 2. The summed E-state index contributed by atoms with van der Waals surface area (Å²) in [5.41, 5.74) is 6.63. The zero-order chi connectivity index (χ0) is 10.8. The summed E-state index contributed by atoms with van der Waals surface area (Å²) < 4.78 is 0. The SMILES string of the molecule is C=NN(CCCCC)/C(=C\N)CCC. The standard InChI is InChI=1S/C11H23N3/c1-4-6-7-9-14(13-3)11(10-12)8-5-2/h10H,3-9,12H2,1-2H3/b11-10-. The highest BCUT2D eigenvalue weighted by molar-refractivity contribution is 5.23. The lowest BCUT2D eigenvalue weighted by Gasteiger charge is -2.20. The molecule has 0 aliphatic heterocycles. The van der Waals surface area contributed by atoms with Crippen LogP contribution >= 0.6 is 0 Å². The largest absolute Gasteiger partial charge is 0.403 e. The van der Waals surface area contributed by atoms with Gasteiger partial charge in [-0.1, -0.05) is 33.1 Å². The maximum Gasteiger partial charge on any atom is 0.0521 e. The van der Waals surface area contributed by atoms with Crippen LogP contribution in [-0.2, 0) is 0 Å². The third-order valence-corrected chi connectivity index (χ3v) is 2.17. The van der Waals surface area contributed by atoms with Crippen molar-refractivity contribution >= 4 is 6.72 Å². The van der Waals surface area contributed by atoms with Gasteiger partial charge in [0, 0.05) is 19.5 Å². The number of unbranched alkanes of at least 4 members (excludes halogenated alkanes) is 2. The van der Waals surface area contributed by atoms with Crippen LogP contribution in [-0.4, -0.2) is 18.3 Å². The number of allylic oxidation sites excluding steroid dienone is 1. The van der Waals surface area contributed by atoms with Gasteiger partial charge in [-0.25, -0.2) is 0 Å². The summed E-state index contributed by atoms with van der Waals surface area (Å²) in [6, 6.07) is 0. The van der Waals surface area contributed by atoms with Crippen LogP contribution in [0.4, 0.5) is 0 Å². The molecule has 0 aromatic carbocycles. The van der Waals surface area contributed by atoms with Gasteiger partial charge in [-0.3, -0.25) is 5.01 Å². The van der Waals surface area contributed by atoms with Crippen LogP contribution in [0.15, 0.2) is 17.0 Å². The quantitative estimate of drug-likeness (QED) is 0.369. The van der Waals surface area contributed by atoms with Crippen LogP contribution in [0.1, 0.15) is 46.0 Å². The first kappa shape index (κ1) is 13.0. The van der Waals surface area contributed by atoms with Gasteiger partial charge < -0.3 is 5.73 Å². The highest BCUT2D eigenvalue weighted by Crippen LogP contribution is 2.12. The molecule has 0 aromatic rings. The Kier molecular flexibility index (Phi) is 7.99. The van der Waals surface area contributed by atoms with E-state index in [1.165, 1.54) is 12.8 Å². The lowest BCUT2D eigenvalue weighted by atomic mass is 10.2. The molecule has 0 unspecified atom stereocenters. The fourth-order valence-corrected chi connectivity index (χ4v) is 1.37. The number of nitrogens with two attached hydrogens (primary N) is 1. The third-order valence-electron chi connectivity index (χ3n) is 2.17. The molecule has 0 aliphatic carbocycles. The van der Waals surface area contributed by atoms with Crippen molar-refractivity contribution in [1.82, 2.24) is 5.01 Å². The van der Waals surface area contributed by atoms with E-state index in [1.807, 2.05) is 5.01 Å².